The van der Waals surface area contributed by atoms with E-state index in [0.29, 0.717) is 19.0 Å². The second kappa shape index (κ2) is 8.21. The maximum atomic E-state index is 12.6. The molecule has 26 heavy (non-hydrogen) atoms. The number of fused-ring (bicyclic) bond motifs is 1. The maximum absolute atomic E-state index is 12.6. The minimum absolute atomic E-state index is 0.0325. The summed E-state index contributed by atoms with van der Waals surface area (Å²) in [4.78, 5) is 21.2. The Morgan fingerprint density at radius 1 is 1.19 bits per heavy atom. The number of amides is 2. The zero-order chi connectivity index (χ0) is 18.5. The molecule has 5 nitrogen and oxygen atoms in total. The molecule has 0 radical (unpaired) electrons. The summed E-state index contributed by atoms with van der Waals surface area (Å²) in [5.74, 6) is 1.45. The van der Waals surface area contributed by atoms with E-state index in [1.54, 1.807) is 6.20 Å². The second-order valence-corrected chi connectivity index (χ2v) is 7.32. The number of urea groups is 1. The van der Waals surface area contributed by atoms with Gasteiger partial charge in [0.05, 0.1) is 5.69 Å². The molecular formula is C21H28N4O. The summed E-state index contributed by atoms with van der Waals surface area (Å²) < 4.78 is 0. The molecule has 1 aromatic heterocycles. The van der Waals surface area contributed by atoms with Gasteiger partial charge in [-0.1, -0.05) is 43.7 Å². The zero-order valence-electron chi connectivity index (χ0n) is 15.9. The minimum Gasteiger partial charge on any atom is -0.349 e. The standard InChI is InChI=1S/C21H28N4O/c1-16(2)10-12-23-21(26)25-14-13-24(20-19(25)5-4-11-22-20)15-18-8-6-17(3)7-9-18/h4-9,11,16H,10,12-15H2,1-3H3,(H,23,26). The summed E-state index contributed by atoms with van der Waals surface area (Å²) in [6.07, 6.45) is 2.78. The number of rotatable bonds is 5. The molecular weight excluding hydrogens is 324 g/mol. The molecule has 1 N–H and O–H groups in total. The van der Waals surface area contributed by atoms with Gasteiger partial charge >= 0.3 is 6.03 Å². The highest BCUT2D eigenvalue weighted by atomic mass is 16.2. The van der Waals surface area contributed by atoms with Crippen LogP contribution in [0, 0.1) is 12.8 Å². The number of hydrogen-bond donors (Lipinski definition) is 1. The number of carbonyl (C=O) groups excluding carboxylic acids is 1. The predicted molar refractivity (Wildman–Crippen MR) is 107 cm³/mol. The molecule has 2 aromatic rings. The normalized spacial score (nSPS) is 13.7. The van der Waals surface area contributed by atoms with E-state index in [9.17, 15) is 4.79 Å². The lowest BCUT2D eigenvalue weighted by atomic mass is 10.1. The third kappa shape index (κ3) is 4.34. The monoisotopic (exact) mass is 352 g/mol. The van der Waals surface area contributed by atoms with Gasteiger partial charge in [0, 0.05) is 32.4 Å². The average Bonchev–Trinajstić information content (AvgIpc) is 2.63. The Morgan fingerprint density at radius 3 is 2.69 bits per heavy atom. The Morgan fingerprint density at radius 2 is 1.96 bits per heavy atom. The van der Waals surface area contributed by atoms with Crippen LogP contribution < -0.4 is 15.1 Å². The topological polar surface area (TPSA) is 48.5 Å². The lowest BCUT2D eigenvalue weighted by Gasteiger charge is -2.36. The van der Waals surface area contributed by atoms with E-state index < -0.39 is 0 Å². The predicted octanol–water partition coefficient (Wildman–Crippen LogP) is 3.97. The van der Waals surface area contributed by atoms with Gasteiger partial charge in [0.15, 0.2) is 5.82 Å². The van der Waals surface area contributed by atoms with E-state index in [2.05, 4.69) is 60.2 Å². The first-order chi connectivity index (χ1) is 12.5. The first kappa shape index (κ1) is 18.2. The first-order valence-electron chi connectivity index (χ1n) is 9.35. The molecule has 3 rings (SSSR count). The van der Waals surface area contributed by atoms with Gasteiger partial charge in [-0.05, 0) is 37.0 Å². The average molecular weight is 352 g/mol. The number of hydrogen-bond acceptors (Lipinski definition) is 3. The van der Waals surface area contributed by atoms with Crippen LogP contribution in [0.5, 0.6) is 0 Å². The minimum atomic E-state index is -0.0325. The fraction of sp³-hybridized carbons (Fsp3) is 0.429. The van der Waals surface area contributed by atoms with E-state index in [1.165, 1.54) is 11.1 Å². The van der Waals surface area contributed by atoms with Gasteiger partial charge in [-0.15, -0.1) is 0 Å². The van der Waals surface area contributed by atoms with Gasteiger partial charge in [0.2, 0.25) is 0 Å². The summed E-state index contributed by atoms with van der Waals surface area (Å²) in [7, 11) is 0. The molecule has 0 fully saturated rings. The van der Waals surface area contributed by atoms with E-state index in [-0.39, 0.29) is 6.03 Å². The molecule has 0 atom stereocenters. The highest BCUT2D eigenvalue weighted by Crippen LogP contribution is 2.31. The quantitative estimate of drug-likeness (QED) is 0.886. The van der Waals surface area contributed by atoms with Crippen LogP contribution in [-0.4, -0.2) is 30.6 Å². The van der Waals surface area contributed by atoms with Crippen LogP contribution in [0.1, 0.15) is 31.4 Å². The van der Waals surface area contributed by atoms with Crippen LogP contribution in [-0.2, 0) is 6.54 Å². The number of aryl methyl sites for hydroxylation is 1. The molecule has 2 amide bonds. The van der Waals surface area contributed by atoms with Crippen molar-refractivity contribution >= 4 is 17.5 Å². The molecule has 2 heterocycles. The van der Waals surface area contributed by atoms with Crippen molar-refractivity contribution < 1.29 is 4.79 Å². The van der Waals surface area contributed by atoms with E-state index in [4.69, 9.17) is 0 Å². The van der Waals surface area contributed by atoms with Crippen molar-refractivity contribution in [2.24, 2.45) is 5.92 Å². The summed E-state index contributed by atoms with van der Waals surface area (Å²) in [6, 6.07) is 12.4. The number of aromatic nitrogens is 1. The van der Waals surface area contributed by atoms with Crippen LogP contribution in [0.15, 0.2) is 42.6 Å². The maximum Gasteiger partial charge on any atom is 0.322 e. The Bertz CT molecular complexity index is 742. The first-order valence-corrected chi connectivity index (χ1v) is 9.35. The van der Waals surface area contributed by atoms with Gasteiger partial charge in [-0.3, -0.25) is 4.90 Å². The highest BCUT2D eigenvalue weighted by molar-refractivity contribution is 5.96. The van der Waals surface area contributed by atoms with Crippen molar-refractivity contribution in [3.8, 4) is 0 Å². The van der Waals surface area contributed by atoms with Crippen LogP contribution in [0.4, 0.5) is 16.3 Å². The zero-order valence-corrected chi connectivity index (χ0v) is 15.9. The molecule has 5 heteroatoms. The summed E-state index contributed by atoms with van der Waals surface area (Å²) >= 11 is 0. The Labute approximate surface area is 156 Å². The number of nitrogens with one attached hydrogen (secondary N) is 1. The molecule has 0 saturated heterocycles. The largest absolute Gasteiger partial charge is 0.349 e. The summed E-state index contributed by atoms with van der Waals surface area (Å²) in [5, 5.41) is 3.04. The molecule has 0 saturated carbocycles. The number of anilines is 2. The molecule has 1 aliphatic heterocycles. The van der Waals surface area contributed by atoms with Crippen LogP contribution >= 0.6 is 0 Å². The van der Waals surface area contributed by atoms with Crippen molar-refractivity contribution in [3.63, 3.8) is 0 Å². The molecule has 1 aromatic carbocycles. The SMILES string of the molecule is Cc1ccc(CN2CCN(C(=O)NCCC(C)C)c3cccnc32)cc1. The van der Waals surface area contributed by atoms with Crippen molar-refractivity contribution in [2.45, 2.75) is 33.7 Å². The third-order valence-electron chi connectivity index (χ3n) is 4.69. The fourth-order valence-electron chi connectivity index (χ4n) is 3.13. The Kier molecular flexibility index (Phi) is 5.76. The summed E-state index contributed by atoms with van der Waals surface area (Å²) in [5.41, 5.74) is 3.39. The van der Waals surface area contributed by atoms with Crippen LogP contribution in [0.25, 0.3) is 0 Å². The van der Waals surface area contributed by atoms with Crippen molar-refractivity contribution in [2.75, 3.05) is 29.4 Å². The van der Waals surface area contributed by atoms with E-state index in [0.717, 1.165) is 31.0 Å². The van der Waals surface area contributed by atoms with Gasteiger partial charge < -0.3 is 10.2 Å². The van der Waals surface area contributed by atoms with Crippen molar-refractivity contribution in [3.05, 3.63) is 53.7 Å². The van der Waals surface area contributed by atoms with Crippen molar-refractivity contribution in [1.29, 1.82) is 0 Å². The third-order valence-corrected chi connectivity index (χ3v) is 4.69. The van der Waals surface area contributed by atoms with Crippen LogP contribution in [0.2, 0.25) is 0 Å². The van der Waals surface area contributed by atoms with Crippen molar-refractivity contribution in [1.82, 2.24) is 10.3 Å². The number of benzene rings is 1. The lowest BCUT2D eigenvalue weighted by Crippen LogP contribution is -2.48. The van der Waals surface area contributed by atoms with Gasteiger partial charge in [-0.2, -0.15) is 0 Å². The number of nitrogens with zero attached hydrogens (tertiary/aromatic N) is 3. The molecule has 0 spiro atoms. The van der Waals surface area contributed by atoms with Gasteiger partial charge in [-0.25, -0.2) is 9.78 Å². The summed E-state index contributed by atoms with van der Waals surface area (Å²) in [6.45, 7) is 9.36. The Hall–Kier alpha value is -2.56. The second-order valence-electron chi connectivity index (χ2n) is 7.32. The lowest BCUT2D eigenvalue weighted by molar-refractivity contribution is 0.245. The van der Waals surface area contributed by atoms with E-state index in [1.807, 2.05) is 17.0 Å². The number of carbonyl (C=O) groups is 1. The molecule has 138 valence electrons. The molecule has 0 bridgehead atoms. The van der Waals surface area contributed by atoms with Crippen LogP contribution in [0.3, 0.4) is 0 Å². The van der Waals surface area contributed by atoms with Gasteiger partial charge in [0.25, 0.3) is 0 Å². The fourth-order valence-corrected chi connectivity index (χ4v) is 3.13. The van der Waals surface area contributed by atoms with Gasteiger partial charge in [0.1, 0.15) is 0 Å². The van der Waals surface area contributed by atoms with E-state index >= 15 is 0 Å². The smallest absolute Gasteiger partial charge is 0.322 e. The number of pyridine rings is 1. The highest BCUT2D eigenvalue weighted by Gasteiger charge is 2.27. The molecule has 0 aliphatic carbocycles. The Balaban J connectivity index is 1.73. The molecule has 1 aliphatic rings. The molecule has 0 unspecified atom stereocenters.